The summed E-state index contributed by atoms with van der Waals surface area (Å²) >= 11 is 18.6. The molecule has 0 aliphatic heterocycles. The lowest BCUT2D eigenvalue weighted by molar-refractivity contribution is 0.439. The molecule has 0 aromatic heterocycles. The van der Waals surface area contributed by atoms with E-state index in [9.17, 15) is 10.5 Å². The maximum Gasteiger partial charge on any atom is 0.167 e. The van der Waals surface area contributed by atoms with Crippen LogP contribution in [0.25, 0.3) is 0 Å². The van der Waals surface area contributed by atoms with Crippen molar-refractivity contribution >= 4 is 34.8 Å². The maximum absolute atomic E-state index is 9.31. The van der Waals surface area contributed by atoms with E-state index in [0.29, 0.717) is 11.7 Å². The van der Waals surface area contributed by atoms with E-state index in [1.54, 1.807) is 6.07 Å². The first-order chi connectivity index (χ1) is 12.6. The fourth-order valence-corrected chi connectivity index (χ4v) is 4.09. The van der Waals surface area contributed by atoms with Crippen LogP contribution in [0.4, 0.5) is 0 Å². The predicted octanol–water partition coefficient (Wildman–Crippen LogP) is 7.23. The first-order valence-electron chi connectivity index (χ1n) is 8.35. The summed E-state index contributed by atoms with van der Waals surface area (Å²) in [5.41, 5.74) is 1.13. The zero-order valence-electron chi connectivity index (χ0n) is 13.9. The summed E-state index contributed by atoms with van der Waals surface area (Å²) in [6.45, 7) is 0. The predicted molar refractivity (Wildman–Crippen MR) is 103 cm³/mol. The van der Waals surface area contributed by atoms with Crippen LogP contribution in [0.2, 0.25) is 15.1 Å². The van der Waals surface area contributed by atoms with Crippen molar-refractivity contribution in [3.63, 3.8) is 0 Å². The molecule has 2 aromatic rings. The normalized spacial score (nSPS) is 14.5. The van der Waals surface area contributed by atoms with Crippen LogP contribution in [0.5, 0.6) is 11.5 Å². The molecule has 0 amide bonds. The highest BCUT2D eigenvalue weighted by molar-refractivity contribution is 6.46. The van der Waals surface area contributed by atoms with Gasteiger partial charge in [-0.2, -0.15) is 10.5 Å². The van der Waals surface area contributed by atoms with Crippen LogP contribution in [-0.2, 0) is 0 Å². The van der Waals surface area contributed by atoms with Crippen LogP contribution in [0, 0.1) is 22.7 Å². The molecule has 1 aliphatic carbocycles. The number of nitrogens with zero attached hydrogens (tertiary/aromatic N) is 2. The van der Waals surface area contributed by atoms with Gasteiger partial charge in [0, 0.05) is 0 Å². The first kappa shape index (κ1) is 18.9. The molecule has 3 nitrogen and oxygen atoms in total. The van der Waals surface area contributed by atoms with Gasteiger partial charge < -0.3 is 4.74 Å². The van der Waals surface area contributed by atoms with Gasteiger partial charge in [0.2, 0.25) is 0 Å². The van der Waals surface area contributed by atoms with Gasteiger partial charge in [0.05, 0.1) is 16.1 Å². The number of halogens is 3. The second-order valence-electron chi connectivity index (χ2n) is 6.25. The second kappa shape index (κ2) is 8.19. The van der Waals surface area contributed by atoms with Crippen LogP contribution in [0.3, 0.4) is 0 Å². The minimum atomic E-state index is -0.0486. The topological polar surface area (TPSA) is 56.8 Å². The van der Waals surface area contributed by atoms with Gasteiger partial charge in [0.15, 0.2) is 5.75 Å². The molecule has 1 saturated carbocycles. The molecule has 2 aromatic carbocycles. The highest BCUT2D eigenvalue weighted by atomic mass is 35.5. The van der Waals surface area contributed by atoms with Gasteiger partial charge in [-0.15, -0.1) is 0 Å². The third-order valence-electron chi connectivity index (χ3n) is 4.66. The molecule has 3 rings (SSSR count). The SMILES string of the molecule is N#Cc1c(Cl)c(Cl)c(Oc2cccc(C3CCCCC3)c2)c(Cl)c1C#N. The van der Waals surface area contributed by atoms with E-state index < -0.39 is 0 Å². The van der Waals surface area contributed by atoms with Gasteiger partial charge in [-0.05, 0) is 36.5 Å². The Kier molecular flexibility index (Phi) is 5.94. The quantitative estimate of drug-likeness (QED) is 0.506. The average molecular weight is 406 g/mol. The molecular weight excluding hydrogens is 391 g/mol. The molecule has 0 bridgehead atoms. The lowest BCUT2D eigenvalue weighted by Gasteiger charge is -2.22. The third-order valence-corrected chi connectivity index (χ3v) is 5.85. The Balaban J connectivity index is 1.98. The van der Waals surface area contributed by atoms with Crippen molar-refractivity contribution < 1.29 is 4.74 Å². The van der Waals surface area contributed by atoms with Gasteiger partial charge in [-0.25, -0.2) is 0 Å². The standard InChI is InChI=1S/C20H15Cl3N2O/c21-17-15(10-24)16(11-25)18(22)20(19(17)23)26-14-8-4-7-13(9-14)12-5-2-1-3-6-12/h4,7-9,12H,1-3,5-6H2. The monoisotopic (exact) mass is 404 g/mol. The molecule has 0 saturated heterocycles. The molecule has 6 heteroatoms. The van der Waals surface area contributed by atoms with Crippen LogP contribution >= 0.6 is 34.8 Å². The van der Waals surface area contributed by atoms with Crippen molar-refractivity contribution in [1.82, 2.24) is 0 Å². The Labute approximate surface area is 167 Å². The molecule has 0 spiro atoms. The summed E-state index contributed by atoms with van der Waals surface area (Å²) in [6, 6.07) is 11.6. The number of hydrogen-bond acceptors (Lipinski definition) is 3. The number of rotatable bonds is 3. The van der Waals surface area contributed by atoms with Crippen LogP contribution in [0.1, 0.15) is 54.7 Å². The zero-order chi connectivity index (χ0) is 18.7. The van der Waals surface area contributed by atoms with Crippen molar-refractivity contribution in [2.45, 2.75) is 38.0 Å². The van der Waals surface area contributed by atoms with Gasteiger partial charge >= 0.3 is 0 Å². The van der Waals surface area contributed by atoms with E-state index in [0.717, 1.165) is 0 Å². The Morgan fingerprint density at radius 1 is 0.885 bits per heavy atom. The first-order valence-corrected chi connectivity index (χ1v) is 9.48. The average Bonchev–Trinajstić information content (AvgIpc) is 2.68. The Bertz CT molecular complexity index is 922. The summed E-state index contributed by atoms with van der Waals surface area (Å²) in [6.07, 6.45) is 6.12. The molecule has 0 N–H and O–H groups in total. The molecule has 0 radical (unpaired) electrons. The van der Waals surface area contributed by atoms with Crippen molar-refractivity contribution in [3.05, 3.63) is 56.0 Å². The lowest BCUT2D eigenvalue weighted by atomic mass is 9.84. The van der Waals surface area contributed by atoms with Gasteiger partial charge in [0.25, 0.3) is 0 Å². The number of hydrogen-bond donors (Lipinski definition) is 0. The van der Waals surface area contributed by atoms with E-state index in [-0.39, 0.29) is 31.9 Å². The molecule has 0 atom stereocenters. The fraction of sp³-hybridized carbons (Fsp3) is 0.300. The highest BCUT2D eigenvalue weighted by Gasteiger charge is 2.23. The summed E-state index contributed by atoms with van der Waals surface area (Å²) < 4.78 is 5.89. The maximum atomic E-state index is 9.31. The molecule has 132 valence electrons. The Morgan fingerprint density at radius 3 is 2.19 bits per heavy atom. The smallest absolute Gasteiger partial charge is 0.167 e. The van der Waals surface area contributed by atoms with E-state index in [2.05, 4.69) is 6.07 Å². The van der Waals surface area contributed by atoms with Gasteiger partial charge in [0.1, 0.15) is 27.9 Å². The van der Waals surface area contributed by atoms with Crippen LogP contribution in [0.15, 0.2) is 24.3 Å². The molecular formula is C20H15Cl3N2O. The molecule has 1 fully saturated rings. The Morgan fingerprint density at radius 2 is 1.54 bits per heavy atom. The Hall–Kier alpha value is -1.91. The molecule has 1 aliphatic rings. The number of nitriles is 2. The summed E-state index contributed by atoms with van der Waals surface area (Å²) in [5, 5.41) is 18.5. The van der Waals surface area contributed by atoms with Crippen LogP contribution < -0.4 is 4.74 Å². The lowest BCUT2D eigenvalue weighted by Crippen LogP contribution is -2.04. The zero-order valence-corrected chi connectivity index (χ0v) is 16.1. The summed E-state index contributed by atoms with van der Waals surface area (Å²) in [7, 11) is 0. The summed E-state index contributed by atoms with van der Waals surface area (Å²) in [5.74, 6) is 1.19. The van der Waals surface area contributed by atoms with E-state index in [1.165, 1.54) is 37.7 Å². The molecule has 26 heavy (non-hydrogen) atoms. The fourth-order valence-electron chi connectivity index (χ4n) is 3.32. The molecule has 0 heterocycles. The van der Waals surface area contributed by atoms with Crippen molar-refractivity contribution in [1.29, 1.82) is 10.5 Å². The van der Waals surface area contributed by atoms with Crippen molar-refractivity contribution in [2.75, 3.05) is 0 Å². The van der Waals surface area contributed by atoms with Gasteiger partial charge in [-0.3, -0.25) is 0 Å². The van der Waals surface area contributed by atoms with E-state index in [1.807, 2.05) is 24.3 Å². The molecule has 0 unspecified atom stereocenters. The highest BCUT2D eigenvalue weighted by Crippen LogP contribution is 2.45. The van der Waals surface area contributed by atoms with Crippen LogP contribution in [-0.4, -0.2) is 0 Å². The largest absolute Gasteiger partial charge is 0.454 e. The van der Waals surface area contributed by atoms with Gasteiger partial charge in [-0.1, -0.05) is 66.2 Å². The van der Waals surface area contributed by atoms with Crippen molar-refractivity contribution in [3.8, 4) is 23.6 Å². The minimum Gasteiger partial charge on any atom is -0.454 e. The van der Waals surface area contributed by atoms with Crippen molar-refractivity contribution in [2.24, 2.45) is 0 Å². The third kappa shape index (κ3) is 3.62. The minimum absolute atomic E-state index is 0.0125. The number of ether oxygens (including phenoxy) is 1. The number of benzene rings is 2. The second-order valence-corrected chi connectivity index (χ2v) is 7.39. The van der Waals surface area contributed by atoms with E-state index >= 15 is 0 Å². The summed E-state index contributed by atoms with van der Waals surface area (Å²) in [4.78, 5) is 0. The van der Waals surface area contributed by atoms with E-state index in [4.69, 9.17) is 39.5 Å².